The Morgan fingerprint density at radius 3 is 2.36 bits per heavy atom. The molecular weight excluding hydrogens is 346 g/mol. The lowest BCUT2D eigenvalue weighted by Gasteiger charge is -2.09. The van der Waals surface area contributed by atoms with Crippen LogP contribution in [-0.4, -0.2) is 18.9 Å². The van der Waals surface area contributed by atoms with Crippen LogP contribution in [0, 0.1) is 0 Å². The van der Waals surface area contributed by atoms with Gasteiger partial charge in [-0.05, 0) is 35.9 Å². The number of hydrogen-bond acceptors (Lipinski definition) is 3. The topological polar surface area (TPSA) is 84.2 Å². The highest BCUT2D eigenvalue weighted by atomic mass is 79.9. The van der Waals surface area contributed by atoms with Crippen LogP contribution < -0.4 is 16.4 Å². The maximum Gasteiger partial charge on any atom is 0.253 e. The first-order chi connectivity index (χ1) is 10.5. The molecule has 2 rings (SSSR count). The molecule has 22 heavy (non-hydrogen) atoms. The molecular formula is C16H16BrN3O2. The van der Waals surface area contributed by atoms with Gasteiger partial charge in [0.25, 0.3) is 11.8 Å². The van der Waals surface area contributed by atoms with Crippen molar-refractivity contribution in [1.82, 2.24) is 10.6 Å². The van der Waals surface area contributed by atoms with Gasteiger partial charge in [0.15, 0.2) is 0 Å². The predicted octanol–water partition coefficient (Wildman–Crippen LogP) is 2.32. The summed E-state index contributed by atoms with van der Waals surface area (Å²) in [5.41, 5.74) is 7.89. The fourth-order valence-electron chi connectivity index (χ4n) is 1.93. The molecule has 6 heteroatoms. The van der Waals surface area contributed by atoms with Crippen molar-refractivity contribution >= 4 is 33.4 Å². The highest BCUT2D eigenvalue weighted by Crippen LogP contribution is 2.15. The molecule has 0 fully saturated rings. The second-order valence-corrected chi connectivity index (χ2v) is 5.61. The summed E-state index contributed by atoms with van der Waals surface area (Å²) < 4.78 is 0.983. The molecule has 0 saturated carbocycles. The second-order valence-electron chi connectivity index (χ2n) is 4.69. The first-order valence-electron chi connectivity index (χ1n) is 6.65. The Hall–Kier alpha value is -2.34. The number of anilines is 1. The van der Waals surface area contributed by atoms with Gasteiger partial charge in [0.05, 0.1) is 5.56 Å². The van der Waals surface area contributed by atoms with Gasteiger partial charge < -0.3 is 16.4 Å². The van der Waals surface area contributed by atoms with Crippen molar-refractivity contribution in [2.45, 2.75) is 6.54 Å². The van der Waals surface area contributed by atoms with Crippen LogP contribution >= 0.6 is 15.9 Å². The van der Waals surface area contributed by atoms with E-state index in [4.69, 9.17) is 5.73 Å². The fourth-order valence-corrected chi connectivity index (χ4v) is 2.20. The third-order valence-corrected chi connectivity index (χ3v) is 3.68. The Morgan fingerprint density at radius 1 is 1.09 bits per heavy atom. The smallest absolute Gasteiger partial charge is 0.253 e. The van der Waals surface area contributed by atoms with Crippen LogP contribution in [0.5, 0.6) is 0 Å². The third kappa shape index (κ3) is 3.85. The summed E-state index contributed by atoms with van der Waals surface area (Å²) in [4.78, 5) is 23.7. The molecule has 0 heterocycles. The number of carbonyl (C=O) groups excluding carboxylic acids is 2. The summed E-state index contributed by atoms with van der Waals surface area (Å²) in [5.74, 6) is -0.516. The zero-order chi connectivity index (χ0) is 16.1. The second kappa shape index (κ2) is 7.09. The van der Waals surface area contributed by atoms with Crippen LogP contribution in [0.1, 0.15) is 26.3 Å². The van der Waals surface area contributed by atoms with Crippen LogP contribution in [0.25, 0.3) is 0 Å². The SMILES string of the molecule is CNC(=O)c1ccc(C(=O)NCc2ccc(Br)cc2)c(N)c1. The zero-order valence-electron chi connectivity index (χ0n) is 12.0. The van der Waals surface area contributed by atoms with Gasteiger partial charge in [-0.25, -0.2) is 0 Å². The highest BCUT2D eigenvalue weighted by Gasteiger charge is 2.12. The number of benzene rings is 2. The zero-order valence-corrected chi connectivity index (χ0v) is 13.6. The summed E-state index contributed by atoms with van der Waals surface area (Å²) in [6, 6.07) is 12.3. The minimum Gasteiger partial charge on any atom is -0.398 e. The Kier molecular flexibility index (Phi) is 5.16. The number of amides is 2. The molecule has 2 amide bonds. The average Bonchev–Trinajstić information content (AvgIpc) is 2.53. The molecule has 5 nitrogen and oxygen atoms in total. The highest BCUT2D eigenvalue weighted by molar-refractivity contribution is 9.10. The van der Waals surface area contributed by atoms with Crippen molar-refractivity contribution in [3.8, 4) is 0 Å². The average molecular weight is 362 g/mol. The number of rotatable bonds is 4. The largest absolute Gasteiger partial charge is 0.398 e. The van der Waals surface area contributed by atoms with Crippen LogP contribution in [0.4, 0.5) is 5.69 Å². The van der Waals surface area contributed by atoms with Gasteiger partial charge in [-0.3, -0.25) is 9.59 Å². The Bertz CT molecular complexity index is 699. The molecule has 0 aliphatic carbocycles. The monoisotopic (exact) mass is 361 g/mol. The summed E-state index contributed by atoms with van der Waals surface area (Å²) in [7, 11) is 1.54. The maximum absolute atomic E-state index is 12.2. The van der Waals surface area contributed by atoms with Gasteiger partial charge in [0, 0.05) is 29.3 Å². The van der Waals surface area contributed by atoms with Crippen molar-refractivity contribution < 1.29 is 9.59 Å². The van der Waals surface area contributed by atoms with E-state index in [1.807, 2.05) is 24.3 Å². The molecule has 0 radical (unpaired) electrons. The minimum absolute atomic E-state index is 0.242. The summed E-state index contributed by atoms with van der Waals surface area (Å²) in [6.45, 7) is 0.406. The van der Waals surface area contributed by atoms with E-state index in [9.17, 15) is 9.59 Å². The number of hydrogen-bond donors (Lipinski definition) is 3. The van der Waals surface area contributed by atoms with E-state index in [1.54, 1.807) is 12.1 Å². The summed E-state index contributed by atoms with van der Waals surface area (Å²) in [6.07, 6.45) is 0. The molecule has 0 saturated heterocycles. The lowest BCUT2D eigenvalue weighted by Crippen LogP contribution is -2.24. The van der Waals surface area contributed by atoms with Crippen LogP contribution in [0.15, 0.2) is 46.9 Å². The van der Waals surface area contributed by atoms with E-state index in [1.165, 1.54) is 13.1 Å². The lowest BCUT2D eigenvalue weighted by molar-refractivity contribution is 0.0944. The van der Waals surface area contributed by atoms with E-state index >= 15 is 0 Å². The normalized spacial score (nSPS) is 10.1. The molecule has 4 N–H and O–H groups in total. The number of nitrogen functional groups attached to an aromatic ring is 1. The fraction of sp³-hybridized carbons (Fsp3) is 0.125. The Morgan fingerprint density at radius 2 is 1.77 bits per heavy atom. The molecule has 2 aromatic carbocycles. The van der Waals surface area contributed by atoms with Gasteiger partial charge in [0.1, 0.15) is 0 Å². The maximum atomic E-state index is 12.2. The molecule has 0 spiro atoms. The van der Waals surface area contributed by atoms with Crippen molar-refractivity contribution in [2.24, 2.45) is 0 Å². The first-order valence-corrected chi connectivity index (χ1v) is 7.45. The Balaban J connectivity index is 2.06. The van der Waals surface area contributed by atoms with Crippen LogP contribution in [0.2, 0.25) is 0 Å². The van der Waals surface area contributed by atoms with Crippen molar-refractivity contribution in [1.29, 1.82) is 0 Å². The molecule has 0 atom stereocenters. The predicted molar refractivity (Wildman–Crippen MR) is 89.6 cm³/mol. The molecule has 0 unspecified atom stereocenters. The molecule has 0 bridgehead atoms. The van der Waals surface area contributed by atoms with Gasteiger partial charge >= 0.3 is 0 Å². The van der Waals surface area contributed by atoms with E-state index < -0.39 is 0 Å². The molecule has 0 aliphatic heterocycles. The van der Waals surface area contributed by atoms with Gasteiger partial charge in [-0.2, -0.15) is 0 Å². The van der Waals surface area contributed by atoms with Crippen molar-refractivity contribution in [3.63, 3.8) is 0 Å². The summed E-state index contributed by atoms with van der Waals surface area (Å²) in [5, 5.41) is 5.31. The molecule has 114 valence electrons. The lowest BCUT2D eigenvalue weighted by atomic mass is 10.1. The number of halogens is 1. The number of carbonyl (C=O) groups is 2. The van der Waals surface area contributed by atoms with Crippen LogP contribution in [0.3, 0.4) is 0 Å². The Labute approximate surface area is 137 Å². The molecule has 0 aliphatic rings. The minimum atomic E-state index is -0.274. The first kappa shape index (κ1) is 16.0. The van der Waals surface area contributed by atoms with E-state index in [0.717, 1.165) is 10.0 Å². The van der Waals surface area contributed by atoms with Crippen LogP contribution in [-0.2, 0) is 6.54 Å². The van der Waals surface area contributed by atoms with Gasteiger partial charge in [-0.15, -0.1) is 0 Å². The molecule has 0 aromatic heterocycles. The third-order valence-electron chi connectivity index (χ3n) is 3.15. The quantitative estimate of drug-likeness (QED) is 0.730. The van der Waals surface area contributed by atoms with Gasteiger partial charge in [-0.1, -0.05) is 28.1 Å². The standard InChI is InChI=1S/C16H16BrN3O2/c1-19-15(21)11-4-7-13(14(18)8-11)16(22)20-9-10-2-5-12(17)6-3-10/h2-8H,9,18H2,1H3,(H,19,21)(H,20,22). The van der Waals surface area contributed by atoms with E-state index in [0.29, 0.717) is 17.7 Å². The van der Waals surface area contributed by atoms with Crippen molar-refractivity contribution in [3.05, 3.63) is 63.6 Å². The summed E-state index contributed by atoms with van der Waals surface area (Å²) >= 11 is 3.36. The van der Waals surface area contributed by atoms with Crippen molar-refractivity contribution in [2.75, 3.05) is 12.8 Å². The number of nitrogens with one attached hydrogen (secondary N) is 2. The van der Waals surface area contributed by atoms with E-state index in [-0.39, 0.29) is 17.5 Å². The molecule has 2 aromatic rings. The van der Waals surface area contributed by atoms with Gasteiger partial charge in [0.2, 0.25) is 0 Å². The number of nitrogens with two attached hydrogens (primary N) is 1. The van der Waals surface area contributed by atoms with E-state index in [2.05, 4.69) is 26.6 Å².